The van der Waals surface area contributed by atoms with Gasteiger partial charge in [0.25, 0.3) is 5.91 Å². The van der Waals surface area contributed by atoms with Crippen molar-refractivity contribution < 1.29 is 24.2 Å². The highest BCUT2D eigenvalue weighted by Gasteiger charge is 2.28. The van der Waals surface area contributed by atoms with E-state index in [-0.39, 0.29) is 29.9 Å². The molecule has 41 heavy (non-hydrogen) atoms. The first-order valence-electron chi connectivity index (χ1n) is 14.7. The van der Waals surface area contributed by atoms with Crippen molar-refractivity contribution >= 4 is 11.9 Å². The van der Waals surface area contributed by atoms with Crippen LogP contribution in [0.3, 0.4) is 0 Å². The molecule has 1 heterocycles. The molecule has 0 unspecified atom stereocenters. The minimum absolute atomic E-state index is 0.0222. The third-order valence-electron chi connectivity index (χ3n) is 8.27. The lowest BCUT2D eigenvalue weighted by Gasteiger charge is -2.26. The summed E-state index contributed by atoms with van der Waals surface area (Å²) in [6.07, 6.45) is 5.73. The molecule has 0 spiro atoms. The van der Waals surface area contributed by atoms with E-state index in [0.29, 0.717) is 30.6 Å². The van der Waals surface area contributed by atoms with Gasteiger partial charge in [-0.1, -0.05) is 76.4 Å². The van der Waals surface area contributed by atoms with Gasteiger partial charge in [0.1, 0.15) is 18.1 Å². The molecule has 8 heteroatoms. The zero-order chi connectivity index (χ0) is 29.4. The highest BCUT2D eigenvalue weighted by atomic mass is 16.5. The number of hydrogen-bond acceptors (Lipinski definition) is 5. The minimum atomic E-state index is -0.944. The monoisotopic (exact) mass is 561 g/mol. The van der Waals surface area contributed by atoms with Gasteiger partial charge in [-0.15, -0.1) is 0 Å². The van der Waals surface area contributed by atoms with Crippen LogP contribution >= 0.6 is 0 Å². The number of nitrogens with zero attached hydrogens (tertiary/aromatic N) is 2. The lowest BCUT2D eigenvalue weighted by molar-refractivity contribution is -0.137. The van der Waals surface area contributed by atoms with Crippen molar-refractivity contribution in [2.75, 3.05) is 7.11 Å². The number of carboxylic acid groups (broad SMARTS) is 1. The van der Waals surface area contributed by atoms with Gasteiger partial charge >= 0.3 is 5.97 Å². The van der Waals surface area contributed by atoms with Crippen LogP contribution in [0.25, 0.3) is 11.3 Å². The second-order valence-corrected chi connectivity index (χ2v) is 11.5. The Morgan fingerprint density at radius 3 is 2.39 bits per heavy atom. The molecule has 4 rings (SSSR count). The Morgan fingerprint density at radius 1 is 1.02 bits per heavy atom. The summed E-state index contributed by atoms with van der Waals surface area (Å²) >= 11 is 0. The van der Waals surface area contributed by atoms with E-state index in [1.54, 1.807) is 13.2 Å². The van der Waals surface area contributed by atoms with Crippen LogP contribution in [0.1, 0.15) is 75.3 Å². The number of aromatic nitrogens is 2. The number of benzene rings is 2. The van der Waals surface area contributed by atoms with Crippen molar-refractivity contribution in [3.05, 3.63) is 65.9 Å². The quantitative estimate of drug-likeness (QED) is 0.244. The molecule has 2 atom stereocenters. The lowest BCUT2D eigenvalue weighted by atomic mass is 9.88. The molecule has 0 aliphatic heterocycles. The van der Waals surface area contributed by atoms with Crippen LogP contribution in [0, 0.1) is 17.8 Å². The first kappa shape index (κ1) is 30.2. The molecular weight excluding hydrogens is 518 g/mol. The van der Waals surface area contributed by atoms with Crippen molar-refractivity contribution in [3.8, 4) is 22.8 Å². The van der Waals surface area contributed by atoms with E-state index in [4.69, 9.17) is 14.6 Å². The van der Waals surface area contributed by atoms with Crippen LogP contribution < -0.4 is 14.8 Å². The zero-order valence-corrected chi connectivity index (χ0v) is 24.6. The van der Waals surface area contributed by atoms with Gasteiger partial charge in [0, 0.05) is 12.6 Å². The van der Waals surface area contributed by atoms with Gasteiger partial charge in [-0.25, -0.2) is 0 Å². The fraction of sp³-hybridized carbons (Fsp3) is 0.485. The average molecular weight is 562 g/mol. The van der Waals surface area contributed by atoms with Crippen LogP contribution in [0.15, 0.2) is 54.6 Å². The van der Waals surface area contributed by atoms with E-state index in [9.17, 15) is 14.7 Å². The number of rotatable bonds is 13. The first-order chi connectivity index (χ1) is 19.8. The number of aliphatic carboxylic acids is 1. The molecular formula is C33H43N3O5. The predicted molar refractivity (Wildman–Crippen MR) is 159 cm³/mol. The fourth-order valence-corrected chi connectivity index (χ4v) is 5.54. The molecule has 8 nitrogen and oxygen atoms in total. The van der Waals surface area contributed by atoms with Gasteiger partial charge in [0.2, 0.25) is 0 Å². The molecule has 1 fully saturated rings. The third-order valence-corrected chi connectivity index (χ3v) is 8.27. The SMILES string of the molecule is COc1cccc(OCc2ccccc2)c1-c1cc(C(=O)N[C@H](CC(=O)O)[C@@H](C)C(C)C)nn1CC1CCCCC1. The maximum atomic E-state index is 13.6. The van der Waals surface area contributed by atoms with Gasteiger partial charge in [-0.3, -0.25) is 14.3 Å². The van der Waals surface area contributed by atoms with Gasteiger partial charge in [0.05, 0.1) is 24.8 Å². The second kappa shape index (κ2) is 14.2. The smallest absolute Gasteiger partial charge is 0.305 e. The van der Waals surface area contributed by atoms with E-state index in [0.717, 1.165) is 29.7 Å². The van der Waals surface area contributed by atoms with Crippen LogP contribution in [0.5, 0.6) is 11.5 Å². The number of carboxylic acids is 1. The van der Waals surface area contributed by atoms with E-state index >= 15 is 0 Å². The number of carbonyl (C=O) groups excluding carboxylic acids is 1. The topological polar surface area (TPSA) is 103 Å². The van der Waals surface area contributed by atoms with Gasteiger partial charge < -0.3 is 19.9 Å². The molecule has 3 aromatic rings. The summed E-state index contributed by atoms with van der Waals surface area (Å²) in [7, 11) is 1.62. The molecule has 0 radical (unpaired) electrons. The second-order valence-electron chi connectivity index (χ2n) is 11.5. The van der Waals surface area contributed by atoms with Crippen molar-refractivity contribution in [1.82, 2.24) is 15.1 Å². The van der Waals surface area contributed by atoms with Gasteiger partial charge in [0.15, 0.2) is 5.69 Å². The predicted octanol–water partition coefficient (Wildman–Crippen LogP) is 6.58. The highest BCUT2D eigenvalue weighted by Crippen LogP contribution is 2.40. The zero-order valence-electron chi connectivity index (χ0n) is 24.6. The molecule has 0 saturated heterocycles. The summed E-state index contributed by atoms with van der Waals surface area (Å²) < 4.78 is 14.0. The Morgan fingerprint density at radius 2 is 1.73 bits per heavy atom. The summed E-state index contributed by atoms with van der Waals surface area (Å²) in [4.78, 5) is 25.2. The van der Waals surface area contributed by atoms with E-state index < -0.39 is 12.0 Å². The Hall–Kier alpha value is -3.81. The summed E-state index contributed by atoms with van der Waals surface area (Å²) in [6.45, 7) is 7.09. The molecule has 1 saturated carbocycles. The minimum Gasteiger partial charge on any atom is -0.496 e. The fourth-order valence-electron chi connectivity index (χ4n) is 5.54. The van der Waals surface area contributed by atoms with Crippen LogP contribution in [-0.2, 0) is 17.9 Å². The molecule has 2 N–H and O–H groups in total. The molecule has 0 bridgehead atoms. The molecule has 2 aromatic carbocycles. The lowest BCUT2D eigenvalue weighted by Crippen LogP contribution is -2.42. The average Bonchev–Trinajstić information content (AvgIpc) is 3.39. The molecule has 1 aromatic heterocycles. The Bertz CT molecular complexity index is 1300. The van der Waals surface area contributed by atoms with E-state index in [1.165, 1.54) is 19.3 Å². The maximum absolute atomic E-state index is 13.6. The largest absolute Gasteiger partial charge is 0.496 e. The van der Waals surface area contributed by atoms with Crippen molar-refractivity contribution in [2.24, 2.45) is 17.8 Å². The Balaban J connectivity index is 1.71. The molecule has 1 aliphatic rings. The van der Waals surface area contributed by atoms with E-state index in [1.807, 2.05) is 74.0 Å². The number of carbonyl (C=O) groups is 2. The molecule has 1 aliphatic carbocycles. The summed E-state index contributed by atoms with van der Waals surface area (Å²) in [5, 5.41) is 17.3. The van der Waals surface area contributed by atoms with Gasteiger partial charge in [-0.2, -0.15) is 5.10 Å². The van der Waals surface area contributed by atoms with Crippen LogP contribution in [0.4, 0.5) is 0 Å². The number of amides is 1. The summed E-state index contributed by atoms with van der Waals surface area (Å²) in [5.41, 5.74) is 2.78. The standard InChI is InChI=1S/C33H43N3O5/c1-22(2)23(3)26(19-31(37)38)34-33(39)27-18-28(36(35-27)20-24-12-7-5-8-13-24)32-29(40-4)16-11-17-30(32)41-21-25-14-9-6-10-15-25/h6,9-11,14-18,22-24,26H,5,7-8,12-13,19-21H2,1-4H3,(H,34,39)(H,37,38)/t23-,26+/m0/s1. The van der Waals surface area contributed by atoms with Crippen molar-refractivity contribution in [1.29, 1.82) is 0 Å². The van der Waals surface area contributed by atoms with E-state index in [2.05, 4.69) is 5.32 Å². The molecule has 220 valence electrons. The highest BCUT2D eigenvalue weighted by molar-refractivity contribution is 5.94. The number of ether oxygens (including phenoxy) is 2. The first-order valence-corrected chi connectivity index (χ1v) is 14.7. The van der Waals surface area contributed by atoms with Crippen molar-refractivity contribution in [2.45, 2.75) is 78.5 Å². The summed E-state index contributed by atoms with van der Waals surface area (Å²) in [5.74, 6) is 0.590. The Labute approximate surface area is 243 Å². The van der Waals surface area contributed by atoms with Crippen LogP contribution in [-0.4, -0.2) is 39.9 Å². The van der Waals surface area contributed by atoms with Crippen molar-refractivity contribution in [3.63, 3.8) is 0 Å². The number of hydrogen-bond donors (Lipinski definition) is 2. The summed E-state index contributed by atoms with van der Waals surface area (Å²) in [6, 6.07) is 16.9. The van der Waals surface area contributed by atoms with Gasteiger partial charge in [-0.05, 0) is 54.4 Å². The van der Waals surface area contributed by atoms with Crippen LogP contribution in [0.2, 0.25) is 0 Å². The maximum Gasteiger partial charge on any atom is 0.305 e. The molecule has 1 amide bonds. The number of methoxy groups -OCH3 is 1. The Kier molecular flexibility index (Phi) is 10.4. The normalized spacial score (nSPS) is 15.3. The number of nitrogens with one attached hydrogen (secondary N) is 1. The third kappa shape index (κ3) is 7.90.